The minimum Gasteiger partial charge on any atom is -0.374 e. The first-order valence-electron chi connectivity index (χ1n) is 7.06. The summed E-state index contributed by atoms with van der Waals surface area (Å²) in [5.41, 5.74) is 2.57. The van der Waals surface area contributed by atoms with Crippen molar-refractivity contribution in [3.63, 3.8) is 0 Å². The van der Waals surface area contributed by atoms with E-state index in [-0.39, 0.29) is 11.6 Å². The third kappa shape index (κ3) is 3.54. The zero-order valence-electron chi connectivity index (χ0n) is 12.3. The highest BCUT2D eigenvalue weighted by atomic mass is 35.5. The number of rotatable bonds is 4. The van der Waals surface area contributed by atoms with Crippen LogP contribution in [0.4, 0.5) is 11.4 Å². The van der Waals surface area contributed by atoms with Crippen molar-refractivity contribution >= 4 is 39.9 Å². The summed E-state index contributed by atoms with van der Waals surface area (Å²) in [4.78, 5) is 28.8. The molecule has 0 saturated heterocycles. The second-order valence-corrected chi connectivity index (χ2v) is 5.64. The molecule has 0 aliphatic carbocycles. The Hall–Kier alpha value is -2.73. The number of hydrogen-bond donors (Lipinski definition) is 4. The van der Waals surface area contributed by atoms with Crippen LogP contribution in [0.5, 0.6) is 0 Å². The Morgan fingerprint density at radius 3 is 2.43 bits per heavy atom. The SMILES string of the molecule is CC(Nc1ccc2[nH]c(=O)[nH]c2c1)C(=O)Nc1ccc(Cl)cc1. The van der Waals surface area contributed by atoms with Gasteiger partial charge < -0.3 is 20.6 Å². The second kappa shape index (κ2) is 6.18. The van der Waals surface area contributed by atoms with Gasteiger partial charge in [0.05, 0.1) is 11.0 Å². The minimum atomic E-state index is -0.450. The molecule has 0 aliphatic rings. The molecule has 0 aliphatic heterocycles. The maximum Gasteiger partial charge on any atom is 0.323 e. The van der Waals surface area contributed by atoms with Crippen molar-refractivity contribution in [2.75, 3.05) is 10.6 Å². The average molecular weight is 331 g/mol. The van der Waals surface area contributed by atoms with Crippen LogP contribution in [0.2, 0.25) is 5.02 Å². The summed E-state index contributed by atoms with van der Waals surface area (Å²) in [5, 5.41) is 6.52. The van der Waals surface area contributed by atoms with E-state index in [1.807, 2.05) is 0 Å². The number of hydrogen-bond acceptors (Lipinski definition) is 3. The van der Waals surface area contributed by atoms with Gasteiger partial charge in [0.15, 0.2) is 0 Å². The maximum absolute atomic E-state index is 12.2. The lowest BCUT2D eigenvalue weighted by molar-refractivity contribution is -0.116. The Balaban J connectivity index is 1.69. The first-order chi connectivity index (χ1) is 11.0. The van der Waals surface area contributed by atoms with Crippen LogP contribution < -0.4 is 16.3 Å². The highest BCUT2D eigenvalue weighted by Crippen LogP contribution is 2.17. The van der Waals surface area contributed by atoms with E-state index in [0.29, 0.717) is 16.2 Å². The Kier molecular flexibility index (Phi) is 4.08. The van der Waals surface area contributed by atoms with Gasteiger partial charge >= 0.3 is 5.69 Å². The molecule has 23 heavy (non-hydrogen) atoms. The third-order valence-corrected chi connectivity index (χ3v) is 3.66. The molecule has 2 aromatic carbocycles. The molecule has 1 heterocycles. The summed E-state index contributed by atoms with van der Waals surface area (Å²) < 4.78 is 0. The molecule has 1 aromatic heterocycles. The molecule has 1 unspecified atom stereocenters. The van der Waals surface area contributed by atoms with E-state index in [0.717, 1.165) is 11.2 Å². The first-order valence-corrected chi connectivity index (χ1v) is 7.44. The molecule has 0 saturated carbocycles. The Labute approximate surface area is 136 Å². The third-order valence-electron chi connectivity index (χ3n) is 3.40. The lowest BCUT2D eigenvalue weighted by atomic mass is 10.2. The number of imidazole rings is 1. The van der Waals surface area contributed by atoms with E-state index >= 15 is 0 Å². The van der Waals surface area contributed by atoms with Gasteiger partial charge in [-0.05, 0) is 49.4 Å². The van der Waals surface area contributed by atoms with Crippen molar-refractivity contribution in [1.29, 1.82) is 0 Å². The van der Waals surface area contributed by atoms with Crippen LogP contribution >= 0.6 is 11.6 Å². The Bertz CT molecular complexity index is 898. The second-order valence-electron chi connectivity index (χ2n) is 5.20. The number of carbonyl (C=O) groups excluding carboxylic acids is 1. The number of benzene rings is 2. The largest absolute Gasteiger partial charge is 0.374 e. The van der Waals surface area contributed by atoms with Gasteiger partial charge in [-0.3, -0.25) is 4.79 Å². The van der Waals surface area contributed by atoms with E-state index in [1.54, 1.807) is 49.4 Å². The van der Waals surface area contributed by atoms with Crippen molar-refractivity contribution in [2.24, 2.45) is 0 Å². The van der Waals surface area contributed by atoms with Gasteiger partial charge in [-0.25, -0.2) is 4.79 Å². The zero-order chi connectivity index (χ0) is 16.4. The van der Waals surface area contributed by atoms with Crippen LogP contribution in [-0.4, -0.2) is 21.9 Å². The fourth-order valence-corrected chi connectivity index (χ4v) is 2.35. The molecule has 1 amide bonds. The van der Waals surface area contributed by atoms with E-state index in [9.17, 15) is 9.59 Å². The fourth-order valence-electron chi connectivity index (χ4n) is 2.22. The topological polar surface area (TPSA) is 89.8 Å². The van der Waals surface area contributed by atoms with Crippen LogP contribution in [0, 0.1) is 0 Å². The van der Waals surface area contributed by atoms with E-state index in [2.05, 4.69) is 20.6 Å². The summed E-state index contributed by atoms with van der Waals surface area (Å²) in [6.07, 6.45) is 0. The van der Waals surface area contributed by atoms with Crippen molar-refractivity contribution in [2.45, 2.75) is 13.0 Å². The van der Waals surface area contributed by atoms with Gasteiger partial charge in [-0.15, -0.1) is 0 Å². The van der Waals surface area contributed by atoms with Crippen LogP contribution in [-0.2, 0) is 4.79 Å². The zero-order valence-corrected chi connectivity index (χ0v) is 13.1. The summed E-state index contributed by atoms with van der Waals surface area (Å²) in [7, 11) is 0. The molecule has 0 spiro atoms. The molecule has 3 rings (SSSR count). The number of carbonyl (C=O) groups is 1. The average Bonchev–Trinajstić information content (AvgIpc) is 2.88. The molecule has 3 aromatic rings. The Morgan fingerprint density at radius 2 is 1.70 bits per heavy atom. The van der Waals surface area contributed by atoms with Crippen molar-refractivity contribution in [3.8, 4) is 0 Å². The maximum atomic E-state index is 12.2. The lowest BCUT2D eigenvalue weighted by Gasteiger charge is -2.15. The number of nitrogens with one attached hydrogen (secondary N) is 4. The van der Waals surface area contributed by atoms with E-state index in [1.165, 1.54) is 0 Å². The van der Waals surface area contributed by atoms with Gasteiger partial charge in [0, 0.05) is 16.4 Å². The molecule has 4 N–H and O–H groups in total. The molecule has 7 heteroatoms. The highest BCUT2D eigenvalue weighted by molar-refractivity contribution is 6.30. The van der Waals surface area contributed by atoms with Gasteiger partial charge in [0.1, 0.15) is 6.04 Å². The number of H-pyrrole nitrogens is 2. The van der Waals surface area contributed by atoms with Crippen molar-refractivity contribution in [1.82, 2.24) is 9.97 Å². The molecular formula is C16H15ClN4O2. The number of fused-ring (bicyclic) bond motifs is 1. The number of aromatic amines is 2. The van der Waals surface area contributed by atoms with Crippen molar-refractivity contribution < 1.29 is 4.79 Å². The summed E-state index contributed by atoms with van der Waals surface area (Å²) >= 11 is 5.81. The van der Waals surface area contributed by atoms with Crippen molar-refractivity contribution in [3.05, 3.63) is 58.0 Å². The standard InChI is InChI=1S/C16H15ClN4O2/c1-9(15(22)19-11-4-2-10(17)3-5-11)18-12-6-7-13-14(8-12)21-16(23)20-13/h2-9,18H,1H3,(H,19,22)(H2,20,21,23). The molecule has 0 bridgehead atoms. The normalized spacial score (nSPS) is 12.1. The predicted molar refractivity (Wildman–Crippen MR) is 92.1 cm³/mol. The lowest BCUT2D eigenvalue weighted by Crippen LogP contribution is -2.31. The summed E-state index contributed by atoms with van der Waals surface area (Å²) in [5.74, 6) is -0.171. The number of halogens is 1. The first kappa shape index (κ1) is 15.2. The summed E-state index contributed by atoms with van der Waals surface area (Å²) in [6.45, 7) is 1.76. The number of amides is 1. The molecular weight excluding hydrogens is 316 g/mol. The fraction of sp³-hybridized carbons (Fsp3) is 0.125. The molecule has 0 fully saturated rings. The molecule has 6 nitrogen and oxygen atoms in total. The minimum absolute atomic E-state index is 0.171. The predicted octanol–water partition coefficient (Wildman–Crippen LogP) is 2.95. The molecule has 118 valence electrons. The van der Waals surface area contributed by atoms with Gasteiger partial charge in [0.25, 0.3) is 0 Å². The number of aromatic nitrogens is 2. The van der Waals surface area contributed by atoms with E-state index < -0.39 is 6.04 Å². The highest BCUT2D eigenvalue weighted by Gasteiger charge is 2.13. The quantitative estimate of drug-likeness (QED) is 0.593. The molecule has 1 atom stereocenters. The smallest absolute Gasteiger partial charge is 0.323 e. The van der Waals surface area contributed by atoms with Crippen LogP contribution in [0.15, 0.2) is 47.3 Å². The van der Waals surface area contributed by atoms with Gasteiger partial charge in [0.2, 0.25) is 5.91 Å². The van der Waals surface area contributed by atoms with E-state index in [4.69, 9.17) is 11.6 Å². The van der Waals surface area contributed by atoms with Crippen LogP contribution in [0.25, 0.3) is 11.0 Å². The van der Waals surface area contributed by atoms with Crippen LogP contribution in [0.1, 0.15) is 6.92 Å². The molecule has 0 radical (unpaired) electrons. The Morgan fingerprint density at radius 1 is 1.04 bits per heavy atom. The monoisotopic (exact) mass is 330 g/mol. The van der Waals surface area contributed by atoms with Gasteiger partial charge in [-0.2, -0.15) is 0 Å². The number of anilines is 2. The van der Waals surface area contributed by atoms with Crippen LogP contribution in [0.3, 0.4) is 0 Å². The summed E-state index contributed by atoms with van der Waals surface area (Å²) in [6, 6.07) is 11.8. The van der Waals surface area contributed by atoms with Gasteiger partial charge in [-0.1, -0.05) is 11.6 Å².